The maximum Gasteiger partial charge on any atom is 0.124 e. The number of ether oxygens (including phenoxy) is 3. The third kappa shape index (κ3) is 5.77. The minimum atomic E-state index is -0.439. The van der Waals surface area contributed by atoms with Gasteiger partial charge in [0.15, 0.2) is 0 Å². The van der Waals surface area contributed by atoms with Crippen molar-refractivity contribution in [1.82, 2.24) is 5.32 Å². The Labute approximate surface area is 120 Å². The Bertz CT molecular complexity index is 384. The smallest absolute Gasteiger partial charge is 0.124 e. The van der Waals surface area contributed by atoms with Crippen molar-refractivity contribution >= 4 is 0 Å². The molecule has 5 nitrogen and oxygen atoms in total. The maximum atomic E-state index is 9.58. The molecule has 114 valence electrons. The molecule has 1 atom stereocenters. The quantitative estimate of drug-likeness (QED) is 0.638. The molecule has 0 fully saturated rings. The lowest BCUT2D eigenvalue weighted by atomic mass is 10.2. The summed E-state index contributed by atoms with van der Waals surface area (Å²) in [6.45, 7) is 4.32. The highest BCUT2D eigenvalue weighted by molar-refractivity contribution is 5.40. The van der Waals surface area contributed by atoms with Gasteiger partial charge in [0, 0.05) is 25.8 Å². The summed E-state index contributed by atoms with van der Waals surface area (Å²) in [6.07, 6.45) is 0.240. The van der Waals surface area contributed by atoms with Crippen molar-refractivity contribution in [1.29, 1.82) is 0 Å². The van der Waals surface area contributed by atoms with Crippen molar-refractivity contribution in [3.63, 3.8) is 0 Å². The van der Waals surface area contributed by atoms with Crippen LogP contribution in [0.1, 0.15) is 18.9 Å². The predicted molar refractivity (Wildman–Crippen MR) is 78.4 cm³/mol. The molecule has 5 heteroatoms. The summed E-state index contributed by atoms with van der Waals surface area (Å²) >= 11 is 0. The van der Waals surface area contributed by atoms with Crippen LogP contribution in [0.15, 0.2) is 18.2 Å². The highest BCUT2D eigenvalue weighted by atomic mass is 16.5. The molecular weight excluding hydrogens is 258 g/mol. The van der Waals surface area contributed by atoms with Crippen LogP contribution in [-0.2, 0) is 11.3 Å². The van der Waals surface area contributed by atoms with E-state index in [1.165, 1.54) is 0 Å². The summed E-state index contributed by atoms with van der Waals surface area (Å²) in [5.41, 5.74) is 1.00. The molecule has 1 rings (SSSR count). The first-order chi connectivity index (χ1) is 9.71. The third-order valence-electron chi connectivity index (χ3n) is 2.97. The second-order valence-electron chi connectivity index (χ2n) is 4.52. The van der Waals surface area contributed by atoms with Crippen molar-refractivity contribution in [2.75, 3.05) is 34.0 Å². The number of methoxy groups -OCH3 is 2. The van der Waals surface area contributed by atoms with E-state index in [9.17, 15) is 5.11 Å². The minimum Gasteiger partial charge on any atom is -0.497 e. The Hall–Kier alpha value is -1.30. The summed E-state index contributed by atoms with van der Waals surface area (Å²) in [5.74, 6) is 1.56. The van der Waals surface area contributed by atoms with Gasteiger partial charge in [-0.1, -0.05) is 6.92 Å². The highest BCUT2D eigenvalue weighted by Crippen LogP contribution is 2.24. The summed E-state index contributed by atoms with van der Waals surface area (Å²) in [7, 11) is 3.31. The first-order valence-corrected chi connectivity index (χ1v) is 6.88. The molecule has 1 aromatic rings. The van der Waals surface area contributed by atoms with Gasteiger partial charge in [-0.3, -0.25) is 0 Å². The first kappa shape index (κ1) is 16.8. The summed E-state index contributed by atoms with van der Waals surface area (Å²) in [4.78, 5) is 0. The molecule has 0 saturated heterocycles. The van der Waals surface area contributed by atoms with Crippen LogP contribution >= 0.6 is 0 Å². The van der Waals surface area contributed by atoms with E-state index in [1.807, 2.05) is 25.1 Å². The number of aliphatic hydroxyl groups excluding tert-OH is 1. The Morgan fingerprint density at radius 3 is 2.75 bits per heavy atom. The fourth-order valence-electron chi connectivity index (χ4n) is 1.66. The number of benzene rings is 1. The Kier molecular flexibility index (Phi) is 8.02. The zero-order valence-corrected chi connectivity index (χ0v) is 12.5. The zero-order valence-electron chi connectivity index (χ0n) is 12.5. The third-order valence-corrected chi connectivity index (χ3v) is 2.97. The zero-order chi connectivity index (χ0) is 14.8. The second-order valence-corrected chi connectivity index (χ2v) is 4.52. The molecule has 0 aliphatic carbocycles. The molecule has 2 N–H and O–H groups in total. The molecule has 1 unspecified atom stereocenters. The average molecular weight is 283 g/mol. The largest absolute Gasteiger partial charge is 0.497 e. The Morgan fingerprint density at radius 2 is 2.10 bits per heavy atom. The van der Waals surface area contributed by atoms with E-state index in [1.54, 1.807) is 14.2 Å². The van der Waals surface area contributed by atoms with Crippen molar-refractivity contribution in [3.05, 3.63) is 23.8 Å². The molecule has 0 aromatic heterocycles. The standard InChI is InChI=1S/C15H25NO4/c1-4-13(17)11-20-15-6-5-14(19-3)9-12(15)10-16-7-8-18-2/h5-6,9,13,16-17H,4,7-8,10-11H2,1-3H3. The van der Waals surface area contributed by atoms with Gasteiger partial charge in [-0.25, -0.2) is 0 Å². The van der Waals surface area contributed by atoms with Gasteiger partial charge >= 0.3 is 0 Å². The normalized spacial score (nSPS) is 12.2. The van der Waals surface area contributed by atoms with Crippen LogP contribution in [0.5, 0.6) is 11.5 Å². The van der Waals surface area contributed by atoms with E-state index < -0.39 is 6.10 Å². The van der Waals surface area contributed by atoms with Crippen LogP contribution in [-0.4, -0.2) is 45.2 Å². The van der Waals surface area contributed by atoms with E-state index in [0.29, 0.717) is 26.2 Å². The SMILES string of the molecule is CCC(O)COc1ccc(OC)cc1CNCCOC. The first-order valence-electron chi connectivity index (χ1n) is 6.88. The molecule has 0 aliphatic rings. The number of nitrogens with one attached hydrogen (secondary N) is 1. The minimum absolute atomic E-state index is 0.300. The topological polar surface area (TPSA) is 60.0 Å². The van der Waals surface area contributed by atoms with E-state index in [0.717, 1.165) is 23.6 Å². The van der Waals surface area contributed by atoms with Gasteiger partial charge in [0.05, 0.1) is 19.8 Å². The molecule has 0 heterocycles. The fourth-order valence-corrected chi connectivity index (χ4v) is 1.66. The van der Waals surface area contributed by atoms with E-state index >= 15 is 0 Å². The van der Waals surface area contributed by atoms with E-state index in [4.69, 9.17) is 14.2 Å². The Balaban J connectivity index is 2.65. The molecule has 0 amide bonds. The van der Waals surface area contributed by atoms with Gasteiger partial charge in [-0.15, -0.1) is 0 Å². The van der Waals surface area contributed by atoms with Gasteiger partial charge in [0.1, 0.15) is 18.1 Å². The molecule has 0 saturated carbocycles. The summed E-state index contributed by atoms with van der Waals surface area (Å²) < 4.78 is 15.9. The number of hydrogen-bond acceptors (Lipinski definition) is 5. The monoisotopic (exact) mass is 283 g/mol. The fraction of sp³-hybridized carbons (Fsp3) is 0.600. The van der Waals surface area contributed by atoms with Crippen LogP contribution in [0.4, 0.5) is 0 Å². The van der Waals surface area contributed by atoms with Crippen LogP contribution in [0.3, 0.4) is 0 Å². The highest BCUT2D eigenvalue weighted by Gasteiger charge is 2.08. The number of hydrogen-bond donors (Lipinski definition) is 2. The molecule has 1 aromatic carbocycles. The summed E-state index contributed by atoms with van der Waals surface area (Å²) in [6, 6.07) is 5.66. The second kappa shape index (κ2) is 9.58. The van der Waals surface area contributed by atoms with Crippen molar-refractivity contribution in [2.24, 2.45) is 0 Å². The van der Waals surface area contributed by atoms with Crippen LogP contribution < -0.4 is 14.8 Å². The Morgan fingerprint density at radius 1 is 1.30 bits per heavy atom. The molecule has 0 radical (unpaired) electrons. The van der Waals surface area contributed by atoms with Crippen LogP contribution in [0, 0.1) is 0 Å². The lowest BCUT2D eigenvalue weighted by Gasteiger charge is -2.15. The molecular formula is C15H25NO4. The number of rotatable bonds is 10. The predicted octanol–water partition coefficient (Wildman–Crippen LogP) is 1.58. The molecule has 0 spiro atoms. The maximum absolute atomic E-state index is 9.58. The lowest BCUT2D eigenvalue weighted by molar-refractivity contribution is 0.104. The molecule has 20 heavy (non-hydrogen) atoms. The van der Waals surface area contributed by atoms with E-state index in [-0.39, 0.29) is 0 Å². The van der Waals surface area contributed by atoms with Crippen molar-refractivity contribution < 1.29 is 19.3 Å². The van der Waals surface area contributed by atoms with Crippen molar-refractivity contribution in [2.45, 2.75) is 26.0 Å². The van der Waals surface area contributed by atoms with Crippen LogP contribution in [0.25, 0.3) is 0 Å². The molecule has 0 bridgehead atoms. The van der Waals surface area contributed by atoms with E-state index in [2.05, 4.69) is 5.32 Å². The summed E-state index contributed by atoms with van der Waals surface area (Å²) in [5, 5.41) is 12.8. The van der Waals surface area contributed by atoms with Crippen LogP contribution in [0.2, 0.25) is 0 Å². The van der Waals surface area contributed by atoms with Gasteiger partial charge in [0.2, 0.25) is 0 Å². The van der Waals surface area contributed by atoms with Gasteiger partial charge < -0.3 is 24.6 Å². The van der Waals surface area contributed by atoms with Crippen molar-refractivity contribution in [3.8, 4) is 11.5 Å². The van der Waals surface area contributed by atoms with Gasteiger partial charge in [-0.05, 0) is 24.6 Å². The average Bonchev–Trinajstić information content (AvgIpc) is 2.49. The van der Waals surface area contributed by atoms with Gasteiger partial charge in [-0.2, -0.15) is 0 Å². The van der Waals surface area contributed by atoms with Gasteiger partial charge in [0.25, 0.3) is 0 Å². The number of aliphatic hydroxyl groups is 1. The lowest BCUT2D eigenvalue weighted by Crippen LogP contribution is -2.20. The molecule has 0 aliphatic heterocycles.